The SMILES string of the molecule is COC[C@H]1CC[C@H](COC)[N-]1.[Li+]. The van der Waals surface area contributed by atoms with Crippen LogP contribution in [-0.4, -0.2) is 39.5 Å². The minimum Gasteiger partial charge on any atom is -0.653 e. The summed E-state index contributed by atoms with van der Waals surface area (Å²) in [6, 6.07) is 0.834. The molecule has 0 saturated carbocycles. The summed E-state index contributed by atoms with van der Waals surface area (Å²) in [6.07, 6.45) is 2.31. The molecule has 0 aliphatic carbocycles. The van der Waals surface area contributed by atoms with E-state index in [9.17, 15) is 0 Å². The van der Waals surface area contributed by atoms with Crippen molar-refractivity contribution in [3.05, 3.63) is 5.32 Å². The molecule has 1 heterocycles. The van der Waals surface area contributed by atoms with Crippen LogP contribution in [0.3, 0.4) is 0 Å². The molecule has 0 bridgehead atoms. The van der Waals surface area contributed by atoms with E-state index in [-0.39, 0.29) is 18.9 Å². The van der Waals surface area contributed by atoms with E-state index in [0.29, 0.717) is 12.1 Å². The van der Waals surface area contributed by atoms with Crippen LogP contribution in [-0.2, 0) is 9.47 Å². The molecule has 3 nitrogen and oxygen atoms in total. The van der Waals surface area contributed by atoms with Gasteiger partial charge < -0.3 is 14.8 Å². The van der Waals surface area contributed by atoms with Crippen LogP contribution in [0.4, 0.5) is 0 Å². The summed E-state index contributed by atoms with van der Waals surface area (Å²) in [5.74, 6) is 0. The standard InChI is InChI=1S/C8H16NO2.Li/c1-10-5-7-3-4-8(9-7)6-11-2;/h7-8H,3-6H2,1-2H3;/q-1;+1/t7-,8-;/m1./s1. The molecule has 1 aliphatic heterocycles. The fraction of sp³-hybridized carbons (Fsp3) is 1.00. The maximum absolute atomic E-state index is 5.02. The molecule has 1 saturated heterocycles. The number of rotatable bonds is 4. The van der Waals surface area contributed by atoms with Gasteiger partial charge in [-0.25, -0.2) is 0 Å². The van der Waals surface area contributed by atoms with E-state index >= 15 is 0 Å². The van der Waals surface area contributed by atoms with Crippen LogP contribution in [0.1, 0.15) is 12.8 Å². The molecule has 0 aromatic carbocycles. The van der Waals surface area contributed by atoms with Crippen LogP contribution in [0.25, 0.3) is 5.32 Å². The molecule has 1 aliphatic rings. The molecule has 0 unspecified atom stereocenters. The summed E-state index contributed by atoms with van der Waals surface area (Å²) in [7, 11) is 3.44. The first-order valence-corrected chi connectivity index (χ1v) is 4.04. The minimum atomic E-state index is 0. The number of nitrogens with zero attached hydrogens (tertiary/aromatic N) is 1. The zero-order valence-corrected chi connectivity index (χ0v) is 8.25. The van der Waals surface area contributed by atoms with E-state index in [1.54, 1.807) is 14.2 Å². The van der Waals surface area contributed by atoms with Crippen molar-refractivity contribution in [3.63, 3.8) is 0 Å². The first-order valence-electron chi connectivity index (χ1n) is 4.04. The van der Waals surface area contributed by atoms with Crippen molar-refractivity contribution in [3.8, 4) is 0 Å². The number of methoxy groups -OCH3 is 2. The molecular formula is C8H16LiNO2. The van der Waals surface area contributed by atoms with Gasteiger partial charge in [0.1, 0.15) is 0 Å². The van der Waals surface area contributed by atoms with Gasteiger partial charge in [0.15, 0.2) is 0 Å². The van der Waals surface area contributed by atoms with Gasteiger partial charge in [0.05, 0.1) is 0 Å². The third kappa shape index (κ3) is 3.93. The Morgan fingerprint density at radius 1 is 1.08 bits per heavy atom. The average molecular weight is 165 g/mol. The van der Waals surface area contributed by atoms with Gasteiger partial charge in [-0.05, 0) is 0 Å². The van der Waals surface area contributed by atoms with Gasteiger partial charge >= 0.3 is 18.9 Å². The Bertz CT molecular complexity index is 101. The maximum atomic E-state index is 5.02. The van der Waals surface area contributed by atoms with Gasteiger partial charge in [0, 0.05) is 27.4 Å². The molecule has 0 aromatic heterocycles. The molecule has 2 atom stereocenters. The van der Waals surface area contributed by atoms with Gasteiger partial charge in [-0.2, -0.15) is 0 Å². The first-order chi connectivity index (χ1) is 5.36. The van der Waals surface area contributed by atoms with E-state index in [2.05, 4.69) is 5.32 Å². The number of hydrogen-bond donors (Lipinski definition) is 0. The van der Waals surface area contributed by atoms with Crippen molar-refractivity contribution >= 4 is 0 Å². The van der Waals surface area contributed by atoms with Crippen molar-refractivity contribution in [1.29, 1.82) is 0 Å². The zero-order chi connectivity index (χ0) is 8.10. The summed E-state index contributed by atoms with van der Waals surface area (Å²) in [4.78, 5) is 0. The van der Waals surface area contributed by atoms with Gasteiger partial charge in [0.2, 0.25) is 0 Å². The second-order valence-corrected chi connectivity index (χ2v) is 2.94. The fourth-order valence-corrected chi connectivity index (χ4v) is 1.47. The van der Waals surface area contributed by atoms with E-state index in [0.717, 1.165) is 26.1 Å². The van der Waals surface area contributed by atoms with Crippen LogP contribution in [0, 0.1) is 0 Å². The predicted octanol–water partition coefficient (Wildman–Crippen LogP) is -1.81. The van der Waals surface area contributed by atoms with Gasteiger partial charge in [-0.1, -0.05) is 12.8 Å². The third-order valence-corrected chi connectivity index (χ3v) is 1.97. The van der Waals surface area contributed by atoms with Crippen molar-refractivity contribution in [2.24, 2.45) is 0 Å². The topological polar surface area (TPSA) is 32.6 Å². The number of hydrogen-bond acceptors (Lipinski definition) is 2. The Hall–Kier alpha value is 0.477. The molecule has 0 spiro atoms. The largest absolute Gasteiger partial charge is 1.00 e. The van der Waals surface area contributed by atoms with Gasteiger partial charge in [-0.15, -0.1) is 12.1 Å². The van der Waals surface area contributed by atoms with E-state index in [1.165, 1.54) is 0 Å². The van der Waals surface area contributed by atoms with Gasteiger partial charge in [0.25, 0.3) is 0 Å². The maximum Gasteiger partial charge on any atom is 1.00 e. The molecule has 0 N–H and O–H groups in total. The fourth-order valence-electron chi connectivity index (χ4n) is 1.47. The smallest absolute Gasteiger partial charge is 0.653 e. The molecular weight excluding hydrogens is 149 g/mol. The molecule has 0 aromatic rings. The average Bonchev–Trinajstić information content (AvgIpc) is 2.38. The quantitative estimate of drug-likeness (QED) is 0.460. The molecule has 4 heteroatoms. The van der Waals surface area contributed by atoms with E-state index < -0.39 is 0 Å². The second kappa shape index (κ2) is 6.94. The predicted molar refractivity (Wildman–Crippen MR) is 43.9 cm³/mol. The van der Waals surface area contributed by atoms with Gasteiger partial charge in [-0.3, -0.25) is 0 Å². The zero-order valence-electron chi connectivity index (χ0n) is 8.25. The van der Waals surface area contributed by atoms with Crippen molar-refractivity contribution in [2.75, 3.05) is 27.4 Å². The molecule has 0 radical (unpaired) electrons. The Labute approximate surface area is 86.4 Å². The Balaban J connectivity index is 0.00000121. The van der Waals surface area contributed by atoms with E-state index in [4.69, 9.17) is 9.47 Å². The number of ether oxygens (including phenoxy) is 2. The first kappa shape index (κ1) is 12.5. The van der Waals surface area contributed by atoms with E-state index in [1.807, 2.05) is 0 Å². The molecule has 66 valence electrons. The third-order valence-electron chi connectivity index (χ3n) is 1.97. The monoisotopic (exact) mass is 165 g/mol. The van der Waals surface area contributed by atoms with Crippen LogP contribution in [0.2, 0.25) is 0 Å². The van der Waals surface area contributed by atoms with Crippen LogP contribution >= 0.6 is 0 Å². The van der Waals surface area contributed by atoms with Crippen LogP contribution < -0.4 is 18.9 Å². The summed E-state index contributed by atoms with van der Waals surface area (Å²) in [6.45, 7) is 1.53. The van der Waals surface area contributed by atoms with Crippen LogP contribution in [0.15, 0.2) is 0 Å². The van der Waals surface area contributed by atoms with Crippen molar-refractivity contribution in [2.45, 2.75) is 24.9 Å². The Morgan fingerprint density at radius 3 is 1.83 bits per heavy atom. The summed E-state index contributed by atoms with van der Waals surface area (Å²) in [5.41, 5.74) is 0. The van der Waals surface area contributed by atoms with Crippen molar-refractivity contribution in [1.82, 2.24) is 0 Å². The minimum absolute atomic E-state index is 0. The Kier molecular flexibility index (Phi) is 7.21. The second-order valence-electron chi connectivity index (χ2n) is 2.94. The summed E-state index contributed by atoms with van der Waals surface area (Å²) < 4.78 is 10.0. The van der Waals surface area contributed by atoms with Crippen molar-refractivity contribution < 1.29 is 28.3 Å². The summed E-state index contributed by atoms with van der Waals surface area (Å²) >= 11 is 0. The molecule has 1 rings (SSSR count). The van der Waals surface area contributed by atoms with Crippen LogP contribution in [0.5, 0.6) is 0 Å². The molecule has 1 fully saturated rings. The Morgan fingerprint density at radius 2 is 1.50 bits per heavy atom. The molecule has 0 amide bonds. The normalized spacial score (nSPS) is 28.5. The molecule has 12 heavy (non-hydrogen) atoms. The summed E-state index contributed by atoms with van der Waals surface area (Å²) in [5, 5.41) is 4.52.